The third-order valence-electron chi connectivity index (χ3n) is 3.77. The van der Waals surface area contributed by atoms with Crippen LogP contribution in [0.2, 0.25) is 0 Å². The molecule has 0 spiro atoms. The van der Waals surface area contributed by atoms with Crippen molar-refractivity contribution in [3.05, 3.63) is 35.4 Å². The molecule has 0 bridgehead atoms. The van der Waals surface area contributed by atoms with Crippen LogP contribution in [-0.2, 0) is 4.79 Å². The molecule has 0 radical (unpaired) electrons. The number of nitrogens with one attached hydrogen (secondary N) is 1. The lowest BCUT2D eigenvalue weighted by Crippen LogP contribution is -2.40. The summed E-state index contributed by atoms with van der Waals surface area (Å²) in [5.74, 6) is 1.17. The minimum atomic E-state index is -0.00512. The van der Waals surface area contributed by atoms with Crippen molar-refractivity contribution in [2.45, 2.75) is 25.7 Å². The van der Waals surface area contributed by atoms with Crippen molar-refractivity contribution in [2.75, 3.05) is 25.0 Å². The van der Waals surface area contributed by atoms with E-state index in [1.54, 1.807) is 6.20 Å². The smallest absolute Gasteiger partial charge is 0.240 e. The number of nitrogens with zero attached hydrogens (tertiary/aromatic N) is 4. The molecule has 1 aliphatic heterocycles. The SMILES string of the molecule is Cc1nccc([C@H]2CCCN(CC(=O)Nc3nccs3)C2)n1. The summed E-state index contributed by atoms with van der Waals surface area (Å²) in [6, 6.07) is 1.98. The minimum absolute atomic E-state index is 0.00512. The Morgan fingerprint density at radius 2 is 2.36 bits per heavy atom. The normalized spacial score (nSPS) is 19.0. The summed E-state index contributed by atoms with van der Waals surface area (Å²) in [4.78, 5) is 27.0. The van der Waals surface area contributed by atoms with Crippen molar-refractivity contribution < 1.29 is 4.79 Å². The first-order valence-electron chi connectivity index (χ1n) is 7.42. The van der Waals surface area contributed by atoms with E-state index in [1.807, 2.05) is 24.6 Å². The first-order chi connectivity index (χ1) is 10.7. The molecule has 1 aliphatic rings. The van der Waals surface area contributed by atoms with Crippen LogP contribution in [-0.4, -0.2) is 45.4 Å². The predicted molar refractivity (Wildman–Crippen MR) is 85.9 cm³/mol. The van der Waals surface area contributed by atoms with E-state index in [1.165, 1.54) is 11.3 Å². The topological polar surface area (TPSA) is 71.0 Å². The van der Waals surface area contributed by atoms with Crippen LogP contribution in [0, 0.1) is 6.92 Å². The third kappa shape index (κ3) is 3.86. The van der Waals surface area contributed by atoms with E-state index >= 15 is 0 Å². The van der Waals surface area contributed by atoms with Crippen LogP contribution in [0.5, 0.6) is 0 Å². The first kappa shape index (κ1) is 15.1. The van der Waals surface area contributed by atoms with Gasteiger partial charge in [0.05, 0.1) is 6.54 Å². The number of carbonyl (C=O) groups excluding carboxylic acids is 1. The lowest BCUT2D eigenvalue weighted by atomic mass is 9.94. The molecule has 1 fully saturated rings. The zero-order chi connectivity index (χ0) is 15.4. The second-order valence-electron chi connectivity index (χ2n) is 5.49. The number of rotatable bonds is 4. The molecule has 116 valence electrons. The molecular formula is C15H19N5OS. The Hall–Kier alpha value is -1.86. The fourth-order valence-corrected chi connectivity index (χ4v) is 3.33. The third-order valence-corrected chi connectivity index (χ3v) is 4.46. The Bertz CT molecular complexity index is 631. The molecule has 2 aromatic rings. The molecular weight excluding hydrogens is 298 g/mol. The Balaban J connectivity index is 1.57. The summed E-state index contributed by atoms with van der Waals surface area (Å²) in [6.45, 7) is 4.12. The van der Waals surface area contributed by atoms with Crippen LogP contribution in [0.4, 0.5) is 5.13 Å². The van der Waals surface area contributed by atoms with Crippen molar-refractivity contribution in [1.82, 2.24) is 19.9 Å². The molecule has 1 N–H and O–H groups in total. The number of anilines is 1. The Morgan fingerprint density at radius 3 is 3.14 bits per heavy atom. The van der Waals surface area contributed by atoms with E-state index in [2.05, 4.69) is 25.2 Å². The van der Waals surface area contributed by atoms with Gasteiger partial charge in [-0.05, 0) is 32.4 Å². The Labute approximate surface area is 133 Å². The minimum Gasteiger partial charge on any atom is -0.301 e. The number of piperidine rings is 1. The number of aromatic nitrogens is 3. The highest BCUT2D eigenvalue weighted by Gasteiger charge is 2.24. The molecule has 0 saturated carbocycles. The summed E-state index contributed by atoms with van der Waals surface area (Å²) < 4.78 is 0. The van der Waals surface area contributed by atoms with Gasteiger partial charge in [-0.15, -0.1) is 11.3 Å². The number of hydrogen-bond acceptors (Lipinski definition) is 6. The van der Waals surface area contributed by atoms with Crippen LogP contribution in [0.25, 0.3) is 0 Å². The average Bonchev–Trinajstić information content (AvgIpc) is 3.00. The monoisotopic (exact) mass is 317 g/mol. The second kappa shape index (κ2) is 6.93. The van der Waals surface area contributed by atoms with E-state index in [4.69, 9.17) is 0 Å². The highest BCUT2D eigenvalue weighted by Crippen LogP contribution is 2.25. The Morgan fingerprint density at radius 1 is 1.45 bits per heavy atom. The quantitative estimate of drug-likeness (QED) is 0.934. The molecule has 1 saturated heterocycles. The van der Waals surface area contributed by atoms with Gasteiger partial charge in [-0.3, -0.25) is 9.69 Å². The fourth-order valence-electron chi connectivity index (χ4n) is 2.79. The van der Waals surface area contributed by atoms with Crippen LogP contribution in [0.15, 0.2) is 23.8 Å². The lowest BCUT2D eigenvalue weighted by Gasteiger charge is -2.31. The zero-order valence-corrected chi connectivity index (χ0v) is 13.3. The molecule has 1 amide bonds. The van der Waals surface area contributed by atoms with Gasteiger partial charge >= 0.3 is 0 Å². The highest BCUT2D eigenvalue weighted by molar-refractivity contribution is 7.13. The molecule has 0 aliphatic carbocycles. The molecule has 3 heterocycles. The number of hydrogen-bond donors (Lipinski definition) is 1. The van der Waals surface area contributed by atoms with E-state index in [0.29, 0.717) is 17.6 Å². The van der Waals surface area contributed by atoms with Crippen LogP contribution < -0.4 is 5.32 Å². The largest absolute Gasteiger partial charge is 0.301 e. The maximum Gasteiger partial charge on any atom is 0.240 e. The fraction of sp³-hybridized carbons (Fsp3) is 0.467. The van der Waals surface area contributed by atoms with E-state index < -0.39 is 0 Å². The molecule has 0 aromatic carbocycles. The van der Waals surface area contributed by atoms with Crippen LogP contribution in [0.1, 0.15) is 30.3 Å². The number of thiazole rings is 1. The van der Waals surface area contributed by atoms with Gasteiger partial charge in [0.25, 0.3) is 0 Å². The van der Waals surface area contributed by atoms with Crippen molar-refractivity contribution in [3.8, 4) is 0 Å². The number of carbonyl (C=O) groups is 1. The molecule has 22 heavy (non-hydrogen) atoms. The van der Waals surface area contributed by atoms with Gasteiger partial charge in [0.15, 0.2) is 5.13 Å². The van der Waals surface area contributed by atoms with Crippen molar-refractivity contribution >= 4 is 22.4 Å². The number of aryl methyl sites for hydroxylation is 1. The zero-order valence-electron chi connectivity index (χ0n) is 12.5. The summed E-state index contributed by atoms with van der Waals surface area (Å²) in [5, 5.41) is 5.34. The predicted octanol–water partition coefficient (Wildman–Crippen LogP) is 2.06. The van der Waals surface area contributed by atoms with Crippen molar-refractivity contribution in [2.24, 2.45) is 0 Å². The van der Waals surface area contributed by atoms with E-state index in [9.17, 15) is 4.79 Å². The summed E-state index contributed by atoms with van der Waals surface area (Å²) in [5.41, 5.74) is 1.08. The molecule has 2 aromatic heterocycles. The maximum atomic E-state index is 12.1. The molecule has 7 heteroatoms. The molecule has 0 unspecified atom stereocenters. The van der Waals surface area contributed by atoms with Gasteiger partial charge < -0.3 is 5.32 Å². The average molecular weight is 317 g/mol. The lowest BCUT2D eigenvalue weighted by molar-refractivity contribution is -0.117. The molecule has 1 atom stereocenters. The second-order valence-corrected chi connectivity index (χ2v) is 6.38. The Kier molecular flexibility index (Phi) is 4.74. The standard InChI is InChI=1S/C15H19N5OS/c1-11-16-5-4-13(18-11)12-3-2-7-20(9-12)10-14(21)19-15-17-6-8-22-15/h4-6,8,12H,2-3,7,9-10H2,1H3,(H,17,19,21)/t12-/m0/s1. The summed E-state index contributed by atoms with van der Waals surface area (Å²) in [7, 11) is 0. The van der Waals surface area contributed by atoms with Crippen LogP contribution in [0.3, 0.4) is 0 Å². The first-order valence-corrected chi connectivity index (χ1v) is 8.30. The van der Waals surface area contributed by atoms with Gasteiger partial charge in [0, 0.05) is 35.9 Å². The van der Waals surface area contributed by atoms with E-state index in [-0.39, 0.29) is 5.91 Å². The molecule has 3 rings (SSSR count). The maximum absolute atomic E-state index is 12.1. The summed E-state index contributed by atoms with van der Waals surface area (Å²) >= 11 is 1.43. The highest BCUT2D eigenvalue weighted by atomic mass is 32.1. The van der Waals surface area contributed by atoms with Gasteiger partial charge in [-0.2, -0.15) is 0 Å². The van der Waals surface area contributed by atoms with Crippen molar-refractivity contribution in [1.29, 1.82) is 0 Å². The number of likely N-dealkylation sites (tertiary alicyclic amines) is 1. The van der Waals surface area contributed by atoms with Crippen molar-refractivity contribution in [3.63, 3.8) is 0 Å². The van der Waals surface area contributed by atoms with Gasteiger partial charge in [-0.1, -0.05) is 0 Å². The van der Waals surface area contributed by atoms with E-state index in [0.717, 1.165) is 37.4 Å². The number of amides is 1. The molecule has 6 nitrogen and oxygen atoms in total. The van der Waals surface area contributed by atoms with Gasteiger partial charge in [0.1, 0.15) is 5.82 Å². The van der Waals surface area contributed by atoms with Gasteiger partial charge in [-0.25, -0.2) is 15.0 Å². The van der Waals surface area contributed by atoms with Crippen LogP contribution >= 0.6 is 11.3 Å². The summed E-state index contributed by atoms with van der Waals surface area (Å²) in [6.07, 6.45) is 5.69. The van der Waals surface area contributed by atoms with Gasteiger partial charge in [0.2, 0.25) is 5.91 Å².